The molecule has 2 nitrogen and oxygen atoms in total. The molecule has 2 rings (SSSR count). The van der Waals surface area contributed by atoms with Crippen LogP contribution in [-0.4, -0.2) is 18.1 Å². The average molecular weight is 308 g/mol. The predicted molar refractivity (Wildman–Crippen MR) is 102 cm³/mol. The standard InChI is InChI=1S/C21H28N2/c1-3-5-17-23(18-6-4-2)21-11-9-19(10-12-21)7-8-20-13-15-22-16-14-20/h7-16H,3-6,17-18H2,1-2H3/b8-7+. The minimum atomic E-state index is 1.16. The maximum absolute atomic E-state index is 4.04. The molecule has 122 valence electrons. The van der Waals surface area contributed by atoms with Crippen LogP contribution >= 0.6 is 0 Å². The molecule has 2 heteroatoms. The molecule has 1 aromatic heterocycles. The molecular weight excluding hydrogens is 280 g/mol. The van der Waals surface area contributed by atoms with E-state index in [2.05, 4.69) is 60.1 Å². The lowest BCUT2D eigenvalue weighted by Crippen LogP contribution is -2.25. The van der Waals surface area contributed by atoms with Crippen molar-refractivity contribution in [2.75, 3.05) is 18.0 Å². The first kappa shape index (κ1) is 17.3. The maximum Gasteiger partial charge on any atom is 0.0366 e. The Morgan fingerprint density at radius 2 is 1.30 bits per heavy atom. The first-order valence-electron chi connectivity index (χ1n) is 8.76. The molecule has 1 heterocycles. The van der Waals surface area contributed by atoms with E-state index in [1.807, 2.05) is 24.5 Å². The summed E-state index contributed by atoms with van der Waals surface area (Å²) in [6, 6.07) is 12.9. The second kappa shape index (κ2) is 9.83. The zero-order valence-electron chi connectivity index (χ0n) is 14.4. The minimum absolute atomic E-state index is 1.16. The number of hydrogen-bond donors (Lipinski definition) is 0. The van der Waals surface area contributed by atoms with Crippen LogP contribution in [0, 0.1) is 0 Å². The van der Waals surface area contributed by atoms with Crippen LogP contribution in [0.25, 0.3) is 12.2 Å². The highest BCUT2D eigenvalue weighted by Gasteiger charge is 2.05. The Hall–Kier alpha value is -2.09. The van der Waals surface area contributed by atoms with Crippen LogP contribution < -0.4 is 4.90 Å². The van der Waals surface area contributed by atoms with Gasteiger partial charge in [0.15, 0.2) is 0 Å². The maximum atomic E-state index is 4.04. The van der Waals surface area contributed by atoms with Crippen molar-refractivity contribution in [3.05, 3.63) is 59.9 Å². The fourth-order valence-corrected chi connectivity index (χ4v) is 2.53. The van der Waals surface area contributed by atoms with E-state index >= 15 is 0 Å². The normalized spacial score (nSPS) is 11.0. The van der Waals surface area contributed by atoms with E-state index in [9.17, 15) is 0 Å². The van der Waals surface area contributed by atoms with Gasteiger partial charge in [-0.3, -0.25) is 4.98 Å². The van der Waals surface area contributed by atoms with Crippen LogP contribution in [0.4, 0.5) is 5.69 Å². The third-order valence-corrected chi connectivity index (χ3v) is 4.00. The molecule has 0 atom stereocenters. The summed E-state index contributed by atoms with van der Waals surface area (Å²) in [6.07, 6.45) is 12.9. The van der Waals surface area contributed by atoms with Crippen LogP contribution in [0.1, 0.15) is 50.7 Å². The predicted octanol–water partition coefficient (Wildman–Crippen LogP) is 5.66. The van der Waals surface area contributed by atoms with E-state index in [1.54, 1.807) is 0 Å². The number of unbranched alkanes of at least 4 members (excludes halogenated alkanes) is 2. The summed E-state index contributed by atoms with van der Waals surface area (Å²) in [7, 11) is 0. The smallest absolute Gasteiger partial charge is 0.0366 e. The van der Waals surface area contributed by atoms with E-state index in [1.165, 1.54) is 42.5 Å². The Kier molecular flexibility index (Phi) is 7.38. The quantitative estimate of drug-likeness (QED) is 0.594. The Labute approximate surface area is 140 Å². The first-order valence-corrected chi connectivity index (χ1v) is 8.76. The highest BCUT2D eigenvalue weighted by molar-refractivity contribution is 5.70. The van der Waals surface area contributed by atoms with Gasteiger partial charge < -0.3 is 4.90 Å². The Bertz CT molecular complexity index is 565. The lowest BCUT2D eigenvalue weighted by molar-refractivity contribution is 0.678. The molecule has 0 N–H and O–H groups in total. The van der Waals surface area contributed by atoms with E-state index in [4.69, 9.17) is 0 Å². The molecule has 0 fully saturated rings. The molecule has 0 aliphatic heterocycles. The largest absolute Gasteiger partial charge is 0.372 e. The second-order valence-corrected chi connectivity index (χ2v) is 5.90. The van der Waals surface area contributed by atoms with Gasteiger partial charge in [0.2, 0.25) is 0 Å². The van der Waals surface area contributed by atoms with Gasteiger partial charge in [0, 0.05) is 31.2 Å². The molecule has 0 amide bonds. The van der Waals surface area contributed by atoms with Gasteiger partial charge in [-0.15, -0.1) is 0 Å². The summed E-state index contributed by atoms with van der Waals surface area (Å²) in [6.45, 7) is 6.82. The zero-order chi connectivity index (χ0) is 16.3. The van der Waals surface area contributed by atoms with Gasteiger partial charge in [0.25, 0.3) is 0 Å². The van der Waals surface area contributed by atoms with Crippen molar-refractivity contribution in [3.8, 4) is 0 Å². The van der Waals surface area contributed by atoms with E-state index in [0.29, 0.717) is 0 Å². The zero-order valence-corrected chi connectivity index (χ0v) is 14.4. The molecule has 0 aliphatic carbocycles. The lowest BCUT2D eigenvalue weighted by Gasteiger charge is -2.24. The summed E-state index contributed by atoms with van der Waals surface area (Å²) < 4.78 is 0. The van der Waals surface area contributed by atoms with Crippen molar-refractivity contribution in [2.45, 2.75) is 39.5 Å². The van der Waals surface area contributed by atoms with E-state index < -0.39 is 0 Å². The molecule has 0 saturated heterocycles. The van der Waals surface area contributed by atoms with Crippen molar-refractivity contribution < 1.29 is 0 Å². The SMILES string of the molecule is CCCCN(CCCC)c1ccc(/C=C/c2ccncc2)cc1. The third-order valence-electron chi connectivity index (χ3n) is 4.00. The van der Waals surface area contributed by atoms with Crippen LogP contribution in [0.5, 0.6) is 0 Å². The van der Waals surface area contributed by atoms with E-state index in [-0.39, 0.29) is 0 Å². The second-order valence-electron chi connectivity index (χ2n) is 5.90. The summed E-state index contributed by atoms with van der Waals surface area (Å²) in [4.78, 5) is 6.56. The number of anilines is 1. The first-order chi connectivity index (χ1) is 11.3. The monoisotopic (exact) mass is 308 g/mol. The molecule has 0 saturated carbocycles. The van der Waals surface area contributed by atoms with Gasteiger partial charge in [-0.05, 0) is 48.2 Å². The Balaban J connectivity index is 2.02. The fraction of sp³-hybridized carbons (Fsp3) is 0.381. The molecule has 0 bridgehead atoms. The molecule has 2 aromatic rings. The van der Waals surface area contributed by atoms with Crippen molar-refractivity contribution in [1.29, 1.82) is 0 Å². The molecule has 0 radical (unpaired) electrons. The van der Waals surface area contributed by atoms with Gasteiger partial charge in [0.1, 0.15) is 0 Å². The van der Waals surface area contributed by atoms with Crippen molar-refractivity contribution in [3.63, 3.8) is 0 Å². The fourth-order valence-electron chi connectivity index (χ4n) is 2.53. The van der Waals surface area contributed by atoms with Crippen LogP contribution in [-0.2, 0) is 0 Å². The summed E-state index contributed by atoms with van der Waals surface area (Å²) in [5.41, 5.74) is 3.75. The van der Waals surface area contributed by atoms with Crippen LogP contribution in [0.3, 0.4) is 0 Å². The third kappa shape index (κ3) is 5.90. The molecule has 0 aliphatic rings. The van der Waals surface area contributed by atoms with Gasteiger partial charge >= 0.3 is 0 Å². The minimum Gasteiger partial charge on any atom is -0.372 e. The Morgan fingerprint density at radius 3 is 1.83 bits per heavy atom. The molecule has 0 spiro atoms. The molecule has 1 aromatic carbocycles. The summed E-state index contributed by atoms with van der Waals surface area (Å²) in [5, 5.41) is 0. The van der Waals surface area contributed by atoms with Crippen molar-refractivity contribution >= 4 is 17.8 Å². The van der Waals surface area contributed by atoms with Gasteiger partial charge in [-0.25, -0.2) is 0 Å². The average Bonchev–Trinajstić information content (AvgIpc) is 2.62. The van der Waals surface area contributed by atoms with Crippen LogP contribution in [0.2, 0.25) is 0 Å². The van der Waals surface area contributed by atoms with E-state index in [0.717, 1.165) is 13.1 Å². The van der Waals surface area contributed by atoms with Gasteiger partial charge in [0.05, 0.1) is 0 Å². The summed E-state index contributed by atoms with van der Waals surface area (Å²) in [5.74, 6) is 0. The number of nitrogens with zero attached hydrogens (tertiary/aromatic N) is 2. The number of rotatable bonds is 9. The number of pyridine rings is 1. The highest BCUT2D eigenvalue weighted by Crippen LogP contribution is 2.18. The molecule has 0 unspecified atom stereocenters. The number of aromatic nitrogens is 1. The number of hydrogen-bond acceptors (Lipinski definition) is 2. The van der Waals surface area contributed by atoms with Crippen LogP contribution in [0.15, 0.2) is 48.8 Å². The Morgan fingerprint density at radius 1 is 0.783 bits per heavy atom. The highest BCUT2D eigenvalue weighted by atomic mass is 15.1. The molecular formula is C21H28N2. The molecule has 23 heavy (non-hydrogen) atoms. The number of benzene rings is 1. The van der Waals surface area contributed by atoms with Crippen molar-refractivity contribution in [1.82, 2.24) is 4.98 Å². The van der Waals surface area contributed by atoms with Gasteiger partial charge in [-0.2, -0.15) is 0 Å². The van der Waals surface area contributed by atoms with Gasteiger partial charge in [-0.1, -0.05) is 51.0 Å². The topological polar surface area (TPSA) is 16.1 Å². The van der Waals surface area contributed by atoms with Crippen molar-refractivity contribution in [2.24, 2.45) is 0 Å². The summed E-state index contributed by atoms with van der Waals surface area (Å²) >= 11 is 0. The lowest BCUT2D eigenvalue weighted by atomic mass is 10.1.